The molecule has 62 valence electrons. The SMILES string of the molecule is [C-]#[N+]CCc1cc(F)ccc1Cl. The van der Waals surface area contributed by atoms with E-state index < -0.39 is 0 Å². The summed E-state index contributed by atoms with van der Waals surface area (Å²) < 4.78 is 12.6. The molecule has 1 aromatic carbocycles. The van der Waals surface area contributed by atoms with Gasteiger partial charge in [-0.3, -0.25) is 0 Å². The molecule has 0 heterocycles. The molecule has 0 saturated carbocycles. The van der Waals surface area contributed by atoms with Crippen LogP contribution in [-0.4, -0.2) is 6.54 Å². The fourth-order valence-corrected chi connectivity index (χ4v) is 1.12. The predicted molar refractivity (Wildman–Crippen MR) is 46.6 cm³/mol. The standard InChI is InChI=1S/C9H7ClFN/c1-12-5-4-7-6-8(11)2-3-9(7)10/h2-3,6H,4-5H2. The van der Waals surface area contributed by atoms with Crippen LogP contribution < -0.4 is 0 Å². The van der Waals surface area contributed by atoms with Gasteiger partial charge in [-0.2, -0.15) is 0 Å². The highest BCUT2D eigenvalue weighted by molar-refractivity contribution is 6.31. The number of halogens is 2. The van der Waals surface area contributed by atoms with E-state index in [2.05, 4.69) is 4.85 Å². The molecule has 0 amide bonds. The lowest BCUT2D eigenvalue weighted by molar-refractivity contribution is 0.625. The van der Waals surface area contributed by atoms with Gasteiger partial charge in [0.1, 0.15) is 5.82 Å². The van der Waals surface area contributed by atoms with Crippen LogP contribution in [0, 0.1) is 12.4 Å². The fourth-order valence-electron chi connectivity index (χ4n) is 0.911. The summed E-state index contributed by atoms with van der Waals surface area (Å²) in [4.78, 5) is 3.17. The van der Waals surface area contributed by atoms with E-state index in [0.29, 0.717) is 23.6 Å². The largest absolute Gasteiger partial charge is 0.317 e. The molecule has 0 radical (unpaired) electrons. The van der Waals surface area contributed by atoms with Crippen molar-refractivity contribution in [3.8, 4) is 0 Å². The first-order valence-electron chi connectivity index (χ1n) is 3.51. The lowest BCUT2D eigenvalue weighted by Gasteiger charge is -1.98. The van der Waals surface area contributed by atoms with Gasteiger partial charge in [0.25, 0.3) is 0 Å². The van der Waals surface area contributed by atoms with Gasteiger partial charge in [-0.05, 0) is 23.8 Å². The summed E-state index contributed by atoms with van der Waals surface area (Å²) in [5.41, 5.74) is 0.702. The van der Waals surface area contributed by atoms with E-state index in [9.17, 15) is 4.39 Å². The Bertz CT molecular complexity index is 317. The van der Waals surface area contributed by atoms with Gasteiger partial charge >= 0.3 is 0 Å². The van der Waals surface area contributed by atoms with Crippen molar-refractivity contribution >= 4 is 11.6 Å². The molecule has 0 saturated heterocycles. The highest BCUT2D eigenvalue weighted by Crippen LogP contribution is 2.17. The molecule has 0 atom stereocenters. The molecule has 0 unspecified atom stereocenters. The van der Waals surface area contributed by atoms with Crippen molar-refractivity contribution in [2.45, 2.75) is 6.42 Å². The Kier molecular flexibility index (Phi) is 3.07. The number of nitrogens with zero attached hydrogens (tertiary/aromatic N) is 1. The molecule has 0 aliphatic heterocycles. The van der Waals surface area contributed by atoms with Gasteiger partial charge in [-0.1, -0.05) is 11.6 Å². The summed E-state index contributed by atoms with van der Waals surface area (Å²) in [6.07, 6.45) is 0.514. The van der Waals surface area contributed by atoms with Crippen LogP contribution in [0.5, 0.6) is 0 Å². The van der Waals surface area contributed by atoms with Crippen LogP contribution in [0.1, 0.15) is 5.56 Å². The third-order valence-electron chi connectivity index (χ3n) is 1.50. The first-order chi connectivity index (χ1) is 5.74. The van der Waals surface area contributed by atoms with Gasteiger partial charge in [-0.25, -0.2) is 11.0 Å². The van der Waals surface area contributed by atoms with Crippen LogP contribution in [0.2, 0.25) is 5.02 Å². The number of benzene rings is 1. The molecular formula is C9H7ClFN. The Morgan fingerprint density at radius 1 is 1.50 bits per heavy atom. The topological polar surface area (TPSA) is 4.36 Å². The van der Waals surface area contributed by atoms with Gasteiger partial charge in [0.05, 0.1) is 0 Å². The van der Waals surface area contributed by atoms with E-state index in [1.54, 1.807) is 0 Å². The van der Waals surface area contributed by atoms with Crippen LogP contribution in [-0.2, 0) is 6.42 Å². The molecule has 0 aliphatic carbocycles. The minimum atomic E-state index is -0.306. The normalized spacial score (nSPS) is 9.42. The Morgan fingerprint density at radius 2 is 2.25 bits per heavy atom. The van der Waals surface area contributed by atoms with Crippen molar-refractivity contribution in [2.24, 2.45) is 0 Å². The van der Waals surface area contributed by atoms with Crippen molar-refractivity contribution < 1.29 is 4.39 Å². The zero-order chi connectivity index (χ0) is 8.97. The minimum Gasteiger partial charge on any atom is -0.317 e. The molecule has 0 aromatic heterocycles. The summed E-state index contributed by atoms with van der Waals surface area (Å²) in [6.45, 7) is 6.91. The first-order valence-corrected chi connectivity index (χ1v) is 3.89. The zero-order valence-corrected chi connectivity index (χ0v) is 7.11. The maximum atomic E-state index is 12.6. The summed E-state index contributed by atoms with van der Waals surface area (Å²) in [6, 6.07) is 4.19. The van der Waals surface area contributed by atoms with Crippen molar-refractivity contribution in [1.29, 1.82) is 0 Å². The van der Waals surface area contributed by atoms with Gasteiger partial charge in [0.15, 0.2) is 0 Å². The molecule has 1 nitrogen and oxygen atoms in total. The van der Waals surface area contributed by atoms with Crippen LogP contribution in [0.15, 0.2) is 18.2 Å². The molecule has 12 heavy (non-hydrogen) atoms. The predicted octanol–water partition coefficient (Wildman–Crippen LogP) is 2.94. The molecule has 1 rings (SSSR count). The Labute approximate surface area is 75.6 Å². The fraction of sp³-hybridized carbons (Fsp3) is 0.222. The number of hydrogen-bond donors (Lipinski definition) is 0. The molecule has 0 aliphatic rings. The minimum absolute atomic E-state index is 0.306. The Morgan fingerprint density at radius 3 is 2.92 bits per heavy atom. The lowest BCUT2D eigenvalue weighted by Crippen LogP contribution is -1.90. The smallest absolute Gasteiger partial charge is 0.218 e. The molecular weight excluding hydrogens is 177 g/mol. The average Bonchev–Trinajstić information content (AvgIpc) is 2.07. The highest BCUT2D eigenvalue weighted by Gasteiger charge is 2.02. The van der Waals surface area contributed by atoms with Gasteiger partial charge in [-0.15, -0.1) is 0 Å². The average molecular weight is 184 g/mol. The molecule has 0 bridgehead atoms. The Balaban J connectivity index is 2.84. The van der Waals surface area contributed by atoms with Crippen molar-refractivity contribution in [3.63, 3.8) is 0 Å². The van der Waals surface area contributed by atoms with Crippen molar-refractivity contribution in [3.05, 3.63) is 46.0 Å². The van der Waals surface area contributed by atoms with E-state index in [4.69, 9.17) is 18.2 Å². The highest BCUT2D eigenvalue weighted by atomic mass is 35.5. The van der Waals surface area contributed by atoms with Gasteiger partial charge < -0.3 is 4.85 Å². The molecule has 0 N–H and O–H groups in total. The third-order valence-corrected chi connectivity index (χ3v) is 1.87. The molecule has 0 fully saturated rings. The van der Waals surface area contributed by atoms with E-state index in [0.717, 1.165) is 0 Å². The van der Waals surface area contributed by atoms with E-state index in [1.807, 2.05) is 0 Å². The second kappa shape index (κ2) is 4.08. The molecule has 0 spiro atoms. The Hall–Kier alpha value is -1.07. The summed E-state index contributed by atoms with van der Waals surface area (Å²) in [5, 5.41) is 0.528. The summed E-state index contributed by atoms with van der Waals surface area (Å²) >= 11 is 5.76. The van der Waals surface area contributed by atoms with Crippen LogP contribution in [0.25, 0.3) is 4.85 Å². The number of rotatable bonds is 2. The second-order valence-corrected chi connectivity index (χ2v) is 2.77. The molecule has 3 heteroatoms. The monoisotopic (exact) mass is 183 g/mol. The first kappa shape index (κ1) is 9.02. The lowest BCUT2D eigenvalue weighted by atomic mass is 10.1. The maximum absolute atomic E-state index is 12.6. The second-order valence-electron chi connectivity index (χ2n) is 2.37. The van der Waals surface area contributed by atoms with Crippen LogP contribution in [0.3, 0.4) is 0 Å². The van der Waals surface area contributed by atoms with Crippen LogP contribution >= 0.6 is 11.6 Å². The van der Waals surface area contributed by atoms with Gasteiger partial charge in [0, 0.05) is 11.4 Å². The van der Waals surface area contributed by atoms with Crippen LogP contribution in [0.4, 0.5) is 4.39 Å². The summed E-state index contributed by atoms with van der Waals surface area (Å²) in [5.74, 6) is -0.306. The number of hydrogen-bond acceptors (Lipinski definition) is 0. The van der Waals surface area contributed by atoms with E-state index >= 15 is 0 Å². The van der Waals surface area contributed by atoms with Crippen molar-refractivity contribution in [1.82, 2.24) is 0 Å². The zero-order valence-electron chi connectivity index (χ0n) is 6.35. The van der Waals surface area contributed by atoms with E-state index in [1.165, 1.54) is 18.2 Å². The van der Waals surface area contributed by atoms with Gasteiger partial charge in [0.2, 0.25) is 6.54 Å². The summed E-state index contributed by atoms with van der Waals surface area (Å²) in [7, 11) is 0. The molecule has 1 aromatic rings. The maximum Gasteiger partial charge on any atom is 0.218 e. The quantitative estimate of drug-likeness (QED) is 0.621. The third kappa shape index (κ3) is 2.21. The van der Waals surface area contributed by atoms with E-state index in [-0.39, 0.29) is 5.82 Å². The van der Waals surface area contributed by atoms with Crippen molar-refractivity contribution in [2.75, 3.05) is 6.54 Å².